The minimum atomic E-state index is -0.541. The monoisotopic (exact) mass is 422 g/mol. The lowest BCUT2D eigenvalue weighted by molar-refractivity contribution is -0.119. The van der Waals surface area contributed by atoms with Crippen LogP contribution in [-0.2, 0) is 4.79 Å². The second-order valence-electron chi connectivity index (χ2n) is 6.33. The molecule has 0 bridgehead atoms. The Morgan fingerprint density at radius 1 is 1.10 bits per heavy atom. The number of ether oxygens (including phenoxy) is 2. The predicted octanol–water partition coefficient (Wildman–Crippen LogP) is 1.63. The molecular weight excluding hydrogens is 404 g/mol. The van der Waals surface area contributed by atoms with Crippen molar-refractivity contribution in [1.29, 1.82) is 0 Å². The Balaban J connectivity index is 1.59. The second kappa shape index (κ2) is 8.34. The molecule has 0 unspecified atom stereocenters. The molecule has 0 spiro atoms. The number of carbonyl (C=O) groups is 1. The molecule has 0 aliphatic heterocycles. The van der Waals surface area contributed by atoms with Gasteiger partial charge in [0.05, 0.1) is 11.1 Å². The van der Waals surface area contributed by atoms with Crippen molar-refractivity contribution in [2.75, 3.05) is 13.2 Å². The van der Waals surface area contributed by atoms with Gasteiger partial charge >= 0.3 is 0 Å². The van der Waals surface area contributed by atoms with Crippen molar-refractivity contribution in [3.63, 3.8) is 0 Å². The Hall–Kier alpha value is -3.72. The van der Waals surface area contributed by atoms with E-state index in [4.69, 9.17) is 15.2 Å². The van der Waals surface area contributed by atoms with Gasteiger partial charge < -0.3 is 15.2 Å². The first-order valence-corrected chi connectivity index (χ1v) is 10.0. The van der Waals surface area contributed by atoms with Crippen LogP contribution in [-0.4, -0.2) is 33.7 Å². The van der Waals surface area contributed by atoms with E-state index in [2.05, 4.69) is 10.1 Å². The zero-order valence-corrected chi connectivity index (χ0v) is 16.9. The number of fused-ring (bicyclic) bond motifs is 1. The van der Waals surface area contributed by atoms with Gasteiger partial charge in [0.1, 0.15) is 11.5 Å². The molecule has 1 amide bonds. The third-order valence-corrected chi connectivity index (χ3v) is 5.12. The summed E-state index contributed by atoms with van der Waals surface area (Å²) < 4.78 is 12.5. The number of primary amides is 1. The Bertz CT molecular complexity index is 1290. The summed E-state index contributed by atoms with van der Waals surface area (Å²) in [5, 5.41) is 4.35. The summed E-state index contributed by atoms with van der Waals surface area (Å²) in [7, 11) is 0. The van der Waals surface area contributed by atoms with Gasteiger partial charge in [-0.05, 0) is 55.0 Å². The van der Waals surface area contributed by atoms with Crippen LogP contribution in [0.2, 0.25) is 0 Å². The summed E-state index contributed by atoms with van der Waals surface area (Å²) in [6.45, 7) is 2.34. The van der Waals surface area contributed by atoms with Crippen LogP contribution < -0.4 is 25.3 Å². The van der Waals surface area contributed by atoms with Gasteiger partial charge in [0, 0.05) is 5.56 Å². The highest BCUT2D eigenvalue weighted by molar-refractivity contribution is 7.15. The summed E-state index contributed by atoms with van der Waals surface area (Å²) in [6.07, 6.45) is 1.76. The normalized spacial score (nSPS) is 11.7. The Kier molecular flexibility index (Phi) is 5.44. The average molecular weight is 422 g/mol. The number of rotatable bonds is 7. The van der Waals surface area contributed by atoms with Crippen LogP contribution >= 0.6 is 11.3 Å². The van der Waals surface area contributed by atoms with E-state index in [0.29, 0.717) is 27.7 Å². The summed E-state index contributed by atoms with van der Waals surface area (Å²) in [5.41, 5.74) is 6.46. The molecule has 30 heavy (non-hydrogen) atoms. The van der Waals surface area contributed by atoms with Crippen molar-refractivity contribution in [2.45, 2.75) is 6.92 Å². The van der Waals surface area contributed by atoms with E-state index < -0.39 is 5.91 Å². The molecule has 2 aromatic carbocycles. The average Bonchev–Trinajstić information content (AvgIpc) is 3.28. The van der Waals surface area contributed by atoms with Crippen LogP contribution in [0.25, 0.3) is 22.4 Å². The molecule has 2 heterocycles. The van der Waals surface area contributed by atoms with Gasteiger partial charge in [-0.1, -0.05) is 23.5 Å². The fraction of sp³-hybridized carbons (Fsp3) is 0.143. The Morgan fingerprint density at radius 3 is 2.40 bits per heavy atom. The van der Waals surface area contributed by atoms with E-state index >= 15 is 0 Å². The van der Waals surface area contributed by atoms with E-state index in [1.807, 2.05) is 31.2 Å². The second-order valence-corrected chi connectivity index (χ2v) is 7.34. The van der Waals surface area contributed by atoms with Crippen LogP contribution in [0.5, 0.6) is 11.5 Å². The molecule has 0 atom stereocenters. The van der Waals surface area contributed by atoms with Crippen LogP contribution in [0.15, 0.2) is 53.3 Å². The SMILES string of the molecule is CCOc1ccc(-c2nc3s/c(=C/c4ccc(OCC(N)=O)cc4)c(=O)n3n2)cc1. The third kappa shape index (κ3) is 4.15. The standard InChI is InChI=1S/C21H18N4O4S/c1-2-28-15-9-5-14(6-10-15)19-23-21-25(24-19)20(27)17(30-21)11-13-3-7-16(8-4-13)29-12-18(22)26/h3-11H,2,12H2,1H3,(H2,22,26)/b17-11+. The van der Waals surface area contributed by atoms with Gasteiger partial charge in [-0.3, -0.25) is 9.59 Å². The van der Waals surface area contributed by atoms with E-state index in [0.717, 1.165) is 16.9 Å². The fourth-order valence-corrected chi connectivity index (χ4v) is 3.70. The number of thiazole rings is 1. The molecule has 0 fully saturated rings. The van der Waals surface area contributed by atoms with Crippen molar-refractivity contribution in [3.05, 3.63) is 69.0 Å². The highest BCUT2D eigenvalue weighted by Crippen LogP contribution is 2.20. The van der Waals surface area contributed by atoms with Gasteiger partial charge in [0.25, 0.3) is 11.5 Å². The number of aromatic nitrogens is 3. The zero-order valence-electron chi connectivity index (χ0n) is 16.1. The van der Waals surface area contributed by atoms with Crippen LogP contribution in [0.1, 0.15) is 12.5 Å². The Morgan fingerprint density at radius 2 is 1.77 bits per heavy atom. The summed E-state index contributed by atoms with van der Waals surface area (Å²) in [4.78, 5) is 28.5. The largest absolute Gasteiger partial charge is 0.494 e. The number of benzene rings is 2. The van der Waals surface area contributed by atoms with Crippen molar-refractivity contribution < 1.29 is 14.3 Å². The molecule has 9 heteroatoms. The number of hydrogen-bond acceptors (Lipinski definition) is 7. The molecule has 0 aliphatic carbocycles. The van der Waals surface area contributed by atoms with Gasteiger partial charge in [0.2, 0.25) is 4.96 Å². The third-order valence-electron chi connectivity index (χ3n) is 4.16. The smallest absolute Gasteiger partial charge is 0.291 e. The van der Waals surface area contributed by atoms with Crippen LogP contribution in [0, 0.1) is 0 Å². The van der Waals surface area contributed by atoms with Gasteiger partial charge in [-0.25, -0.2) is 0 Å². The van der Waals surface area contributed by atoms with E-state index in [9.17, 15) is 9.59 Å². The number of carbonyl (C=O) groups excluding carboxylic acids is 1. The molecule has 2 aromatic heterocycles. The van der Waals surface area contributed by atoms with Gasteiger partial charge in [-0.15, -0.1) is 5.10 Å². The maximum atomic E-state index is 12.7. The topological polar surface area (TPSA) is 109 Å². The lowest BCUT2D eigenvalue weighted by Crippen LogP contribution is -2.23. The maximum Gasteiger partial charge on any atom is 0.291 e. The van der Waals surface area contributed by atoms with E-state index in [1.54, 1.807) is 30.3 Å². The first-order valence-electron chi connectivity index (χ1n) is 9.19. The number of amides is 1. The minimum Gasteiger partial charge on any atom is -0.494 e. The maximum absolute atomic E-state index is 12.7. The molecule has 0 saturated heterocycles. The molecule has 8 nitrogen and oxygen atoms in total. The van der Waals surface area contributed by atoms with Crippen molar-refractivity contribution in [2.24, 2.45) is 5.73 Å². The Labute approximate surface area is 175 Å². The molecular formula is C21H18N4O4S. The summed E-state index contributed by atoms with van der Waals surface area (Å²) >= 11 is 1.27. The fourth-order valence-electron chi connectivity index (χ4n) is 2.79. The lowest BCUT2D eigenvalue weighted by Gasteiger charge is -2.03. The highest BCUT2D eigenvalue weighted by Gasteiger charge is 2.12. The highest BCUT2D eigenvalue weighted by atomic mass is 32.1. The van der Waals surface area contributed by atoms with Gasteiger partial charge in [-0.2, -0.15) is 9.50 Å². The number of nitrogens with two attached hydrogens (primary N) is 1. The molecule has 0 aliphatic rings. The molecule has 0 radical (unpaired) electrons. The van der Waals surface area contributed by atoms with Crippen molar-refractivity contribution in [1.82, 2.24) is 14.6 Å². The van der Waals surface area contributed by atoms with Gasteiger partial charge in [0.15, 0.2) is 12.4 Å². The summed E-state index contributed by atoms with van der Waals surface area (Å²) in [5.74, 6) is 1.25. The van der Waals surface area contributed by atoms with Crippen LogP contribution in [0.3, 0.4) is 0 Å². The molecule has 4 rings (SSSR count). The van der Waals surface area contributed by atoms with Crippen molar-refractivity contribution >= 4 is 28.3 Å². The number of nitrogens with zero attached hydrogens (tertiary/aromatic N) is 3. The molecule has 4 aromatic rings. The van der Waals surface area contributed by atoms with Crippen molar-refractivity contribution in [3.8, 4) is 22.9 Å². The predicted molar refractivity (Wildman–Crippen MR) is 114 cm³/mol. The lowest BCUT2D eigenvalue weighted by atomic mass is 10.2. The number of hydrogen-bond donors (Lipinski definition) is 1. The quantitative estimate of drug-likeness (QED) is 0.485. The minimum absolute atomic E-state index is 0.182. The molecule has 0 saturated carbocycles. The van der Waals surface area contributed by atoms with E-state index in [1.165, 1.54) is 15.9 Å². The van der Waals surface area contributed by atoms with E-state index in [-0.39, 0.29) is 12.2 Å². The molecule has 2 N–H and O–H groups in total. The zero-order chi connectivity index (χ0) is 21.1. The van der Waals surface area contributed by atoms with Crippen LogP contribution in [0.4, 0.5) is 0 Å². The first-order chi connectivity index (χ1) is 14.5. The first kappa shape index (κ1) is 19.6. The molecule has 152 valence electrons. The summed E-state index contributed by atoms with van der Waals surface area (Å²) in [6, 6.07) is 14.4.